The first-order chi connectivity index (χ1) is 14.5. The molecule has 1 aliphatic rings. The second-order valence-corrected chi connectivity index (χ2v) is 7.32. The Bertz CT molecular complexity index is 873. The van der Waals surface area contributed by atoms with E-state index >= 15 is 0 Å². The first kappa shape index (κ1) is 21.4. The van der Waals surface area contributed by atoms with Gasteiger partial charge in [-0.25, -0.2) is 0 Å². The first-order valence-corrected chi connectivity index (χ1v) is 9.84. The Labute approximate surface area is 175 Å². The summed E-state index contributed by atoms with van der Waals surface area (Å²) in [4.78, 5) is 42.9. The second-order valence-electron chi connectivity index (χ2n) is 7.32. The van der Waals surface area contributed by atoms with Gasteiger partial charge in [-0.2, -0.15) is 0 Å². The molecule has 1 fully saturated rings. The summed E-state index contributed by atoms with van der Waals surface area (Å²) in [6.45, 7) is 0.403. The summed E-state index contributed by atoms with van der Waals surface area (Å²) < 4.78 is 5.27. The molecule has 2 aromatic rings. The molecular formula is C22H26N4O4. The maximum atomic E-state index is 12.5. The van der Waals surface area contributed by atoms with Gasteiger partial charge in [0.1, 0.15) is 6.04 Å². The highest BCUT2D eigenvalue weighted by atomic mass is 16.6. The number of ether oxygens (including phenoxy) is 1. The van der Waals surface area contributed by atoms with E-state index in [9.17, 15) is 14.4 Å². The third-order valence-electron chi connectivity index (χ3n) is 4.75. The highest BCUT2D eigenvalue weighted by molar-refractivity contribution is 5.97. The number of rotatable bonds is 9. The fourth-order valence-electron chi connectivity index (χ4n) is 3.09. The standard InChI is InChI=1S/C22H26N4O4/c1-26(2)22(29)17(14-15-8-4-3-5-9-15)25-21(28)19-18(30-19)20(27)24-13-11-16-10-6-7-12-23-16/h3-10,12,17-19H,11,13-14H2,1-2H3,(H,24,27)(H,25,28)/t17-,18?,19?/m0/s1. The van der Waals surface area contributed by atoms with Crippen molar-refractivity contribution in [2.75, 3.05) is 20.6 Å². The molecule has 0 radical (unpaired) electrons. The van der Waals surface area contributed by atoms with Crippen LogP contribution in [0.25, 0.3) is 0 Å². The van der Waals surface area contributed by atoms with Gasteiger partial charge in [-0.1, -0.05) is 36.4 Å². The van der Waals surface area contributed by atoms with Crippen LogP contribution in [0, 0.1) is 0 Å². The number of hydrogen-bond donors (Lipinski definition) is 2. The Morgan fingerprint density at radius 3 is 2.40 bits per heavy atom. The Morgan fingerprint density at radius 1 is 1.03 bits per heavy atom. The van der Waals surface area contributed by atoms with Gasteiger partial charge < -0.3 is 20.3 Å². The van der Waals surface area contributed by atoms with E-state index in [2.05, 4.69) is 15.6 Å². The van der Waals surface area contributed by atoms with Crippen molar-refractivity contribution in [1.29, 1.82) is 0 Å². The Balaban J connectivity index is 1.50. The zero-order valence-corrected chi connectivity index (χ0v) is 17.1. The number of amides is 3. The number of carbonyl (C=O) groups is 3. The van der Waals surface area contributed by atoms with Crippen molar-refractivity contribution in [3.63, 3.8) is 0 Å². The molecule has 3 atom stereocenters. The largest absolute Gasteiger partial charge is 0.353 e. The molecule has 2 heterocycles. The number of likely N-dealkylation sites (N-methyl/N-ethyl adjacent to an activating group) is 1. The van der Waals surface area contributed by atoms with E-state index in [1.165, 1.54) is 4.90 Å². The van der Waals surface area contributed by atoms with Gasteiger partial charge in [0.2, 0.25) is 5.91 Å². The summed E-state index contributed by atoms with van der Waals surface area (Å²) in [7, 11) is 3.27. The first-order valence-electron chi connectivity index (χ1n) is 9.84. The number of hydrogen-bond acceptors (Lipinski definition) is 5. The van der Waals surface area contributed by atoms with E-state index in [1.807, 2.05) is 48.5 Å². The summed E-state index contributed by atoms with van der Waals surface area (Å²) in [6.07, 6.45) is 0.931. The molecule has 158 valence electrons. The van der Waals surface area contributed by atoms with E-state index in [1.54, 1.807) is 20.3 Å². The predicted octanol–water partition coefficient (Wildman–Crippen LogP) is 0.323. The van der Waals surface area contributed by atoms with Crippen LogP contribution in [0.4, 0.5) is 0 Å². The van der Waals surface area contributed by atoms with Crippen molar-refractivity contribution in [2.45, 2.75) is 31.1 Å². The zero-order chi connectivity index (χ0) is 21.5. The van der Waals surface area contributed by atoms with Crippen LogP contribution in [0.15, 0.2) is 54.7 Å². The quantitative estimate of drug-likeness (QED) is 0.580. The lowest BCUT2D eigenvalue weighted by Gasteiger charge is -2.21. The van der Waals surface area contributed by atoms with Crippen LogP contribution in [0.1, 0.15) is 11.3 Å². The summed E-state index contributed by atoms with van der Waals surface area (Å²) >= 11 is 0. The third kappa shape index (κ3) is 5.87. The van der Waals surface area contributed by atoms with Gasteiger partial charge in [0.15, 0.2) is 12.2 Å². The van der Waals surface area contributed by atoms with Gasteiger partial charge in [0.05, 0.1) is 0 Å². The molecule has 2 unspecified atom stereocenters. The van der Waals surface area contributed by atoms with E-state index in [0.29, 0.717) is 19.4 Å². The van der Waals surface area contributed by atoms with Crippen LogP contribution in [-0.2, 0) is 32.0 Å². The third-order valence-corrected chi connectivity index (χ3v) is 4.75. The molecule has 8 heteroatoms. The number of pyridine rings is 1. The fraction of sp³-hybridized carbons (Fsp3) is 0.364. The molecule has 0 saturated carbocycles. The van der Waals surface area contributed by atoms with Crippen molar-refractivity contribution < 1.29 is 19.1 Å². The van der Waals surface area contributed by atoms with Crippen LogP contribution < -0.4 is 10.6 Å². The minimum Gasteiger partial charge on any atom is -0.353 e. The number of nitrogens with zero attached hydrogens (tertiary/aromatic N) is 2. The topological polar surface area (TPSA) is 104 Å². The molecule has 8 nitrogen and oxygen atoms in total. The molecule has 1 aliphatic heterocycles. The van der Waals surface area contributed by atoms with Crippen LogP contribution in [0.3, 0.4) is 0 Å². The Morgan fingerprint density at radius 2 is 1.73 bits per heavy atom. The molecule has 3 amide bonds. The summed E-state index contributed by atoms with van der Waals surface area (Å²) in [5.74, 6) is -1.02. The minimum absolute atomic E-state index is 0.218. The van der Waals surface area contributed by atoms with Crippen molar-refractivity contribution in [1.82, 2.24) is 20.5 Å². The number of epoxide rings is 1. The van der Waals surface area contributed by atoms with Gasteiger partial charge >= 0.3 is 0 Å². The second kappa shape index (κ2) is 9.98. The molecule has 2 N–H and O–H groups in total. The van der Waals surface area contributed by atoms with Crippen molar-refractivity contribution in [3.8, 4) is 0 Å². The SMILES string of the molecule is CN(C)C(=O)[C@H](Cc1ccccc1)NC(=O)C1OC1C(=O)NCCc1ccccn1. The van der Waals surface area contributed by atoms with E-state index in [0.717, 1.165) is 11.3 Å². The van der Waals surface area contributed by atoms with Gasteiger partial charge in [0.25, 0.3) is 11.8 Å². The lowest BCUT2D eigenvalue weighted by atomic mass is 10.0. The van der Waals surface area contributed by atoms with E-state index < -0.39 is 24.2 Å². The molecule has 0 bridgehead atoms. The zero-order valence-electron chi connectivity index (χ0n) is 17.1. The number of benzene rings is 1. The lowest BCUT2D eigenvalue weighted by molar-refractivity contribution is -0.134. The lowest BCUT2D eigenvalue weighted by Crippen LogP contribution is -2.49. The molecule has 30 heavy (non-hydrogen) atoms. The van der Waals surface area contributed by atoms with E-state index in [4.69, 9.17) is 4.74 Å². The molecule has 1 saturated heterocycles. The molecule has 3 rings (SSSR count). The van der Waals surface area contributed by atoms with Crippen LogP contribution in [0.2, 0.25) is 0 Å². The number of aromatic nitrogens is 1. The molecule has 1 aromatic carbocycles. The Hall–Kier alpha value is -3.26. The molecular weight excluding hydrogens is 384 g/mol. The Kier molecular flexibility index (Phi) is 7.13. The highest BCUT2D eigenvalue weighted by Crippen LogP contribution is 2.22. The average Bonchev–Trinajstić information content (AvgIpc) is 3.55. The summed E-state index contributed by atoms with van der Waals surface area (Å²) in [5, 5.41) is 5.48. The van der Waals surface area contributed by atoms with Gasteiger partial charge in [-0.3, -0.25) is 19.4 Å². The maximum absolute atomic E-state index is 12.5. The fourth-order valence-corrected chi connectivity index (χ4v) is 3.09. The molecule has 1 aromatic heterocycles. The maximum Gasteiger partial charge on any atom is 0.253 e. The van der Waals surface area contributed by atoms with Gasteiger partial charge in [-0.05, 0) is 17.7 Å². The number of carbonyl (C=O) groups excluding carboxylic acids is 3. The van der Waals surface area contributed by atoms with Crippen molar-refractivity contribution >= 4 is 17.7 Å². The molecule has 0 spiro atoms. The van der Waals surface area contributed by atoms with Crippen LogP contribution in [0.5, 0.6) is 0 Å². The normalized spacial score (nSPS) is 18.2. The van der Waals surface area contributed by atoms with Crippen LogP contribution >= 0.6 is 0 Å². The summed E-state index contributed by atoms with van der Waals surface area (Å²) in [5.41, 5.74) is 1.80. The smallest absolute Gasteiger partial charge is 0.253 e. The monoisotopic (exact) mass is 410 g/mol. The van der Waals surface area contributed by atoms with Crippen LogP contribution in [-0.4, -0.2) is 66.5 Å². The predicted molar refractivity (Wildman–Crippen MR) is 110 cm³/mol. The van der Waals surface area contributed by atoms with Gasteiger partial charge in [-0.15, -0.1) is 0 Å². The minimum atomic E-state index is -0.881. The molecule has 0 aliphatic carbocycles. The average molecular weight is 410 g/mol. The van der Waals surface area contributed by atoms with Crippen molar-refractivity contribution in [3.05, 3.63) is 66.0 Å². The summed E-state index contributed by atoms with van der Waals surface area (Å²) in [6, 6.07) is 14.3. The highest BCUT2D eigenvalue weighted by Gasteiger charge is 2.50. The van der Waals surface area contributed by atoms with Gasteiger partial charge in [0, 0.05) is 45.4 Å². The number of nitrogens with one attached hydrogen (secondary N) is 2. The van der Waals surface area contributed by atoms with E-state index in [-0.39, 0.29) is 11.8 Å². The van der Waals surface area contributed by atoms with Crippen molar-refractivity contribution in [2.24, 2.45) is 0 Å².